The van der Waals surface area contributed by atoms with Gasteiger partial charge in [0.15, 0.2) is 0 Å². The lowest BCUT2D eigenvalue weighted by molar-refractivity contribution is -0.115. The third-order valence-corrected chi connectivity index (χ3v) is 4.97. The fraction of sp³-hybridized carbons (Fsp3) is 0.278. The second-order valence-electron chi connectivity index (χ2n) is 5.34. The molecule has 0 atom stereocenters. The predicted octanol–water partition coefficient (Wildman–Crippen LogP) is 2.02. The highest BCUT2D eigenvalue weighted by Crippen LogP contribution is 2.28. The third kappa shape index (κ3) is 5.60. The lowest BCUT2D eigenvalue weighted by atomic mass is 10.2. The highest BCUT2D eigenvalue weighted by atomic mass is 32.2. The molecule has 0 saturated heterocycles. The van der Waals surface area contributed by atoms with Gasteiger partial charge in [-0.25, -0.2) is 13.1 Å². The number of nitrogens with one attached hydrogen (secondary N) is 2. The Kier molecular flexibility index (Phi) is 7.03. The Hall–Kier alpha value is -2.78. The average Bonchev–Trinajstić information content (AvgIpc) is 2.67. The van der Waals surface area contributed by atoms with Crippen LogP contribution in [0.15, 0.2) is 47.4 Å². The average molecular weight is 394 g/mol. The summed E-state index contributed by atoms with van der Waals surface area (Å²) in [6, 6.07) is 10.8. The molecule has 0 aliphatic heterocycles. The standard InChI is InChI=1S/C18H22N2O6S/c1-4-26-13-5-8-15(9-6-13)27(22,23)19-12-18(21)20-16-11-14(24-2)7-10-17(16)25-3/h5-11,19H,4,12H2,1-3H3,(H,20,21). The van der Waals surface area contributed by atoms with Crippen molar-refractivity contribution in [3.05, 3.63) is 42.5 Å². The van der Waals surface area contributed by atoms with E-state index in [4.69, 9.17) is 14.2 Å². The maximum Gasteiger partial charge on any atom is 0.241 e. The van der Waals surface area contributed by atoms with E-state index >= 15 is 0 Å². The molecule has 0 spiro atoms. The fourth-order valence-electron chi connectivity index (χ4n) is 2.23. The summed E-state index contributed by atoms with van der Waals surface area (Å²) in [5.74, 6) is 0.981. The zero-order chi connectivity index (χ0) is 19.9. The number of methoxy groups -OCH3 is 2. The molecule has 9 heteroatoms. The zero-order valence-corrected chi connectivity index (χ0v) is 16.1. The van der Waals surface area contributed by atoms with Crippen LogP contribution in [0.3, 0.4) is 0 Å². The maximum atomic E-state index is 12.3. The minimum atomic E-state index is -3.83. The van der Waals surface area contributed by atoms with Crippen LogP contribution >= 0.6 is 0 Å². The molecule has 0 heterocycles. The van der Waals surface area contributed by atoms with Crippen LogP contribution in [-0.4, -0.2) is 41.7 Å². The highest BCUT2D eigenvalue weighted by Gasteiger charge is 2.16. The monoisotopic (exact) mass is 394 g/mol. The molecule has 0 fully saturated rings. The Morgan fingerprint density at radius 2 is 1.67 bits per heavy atom. The number of ether oxygens (including phenoxy) is 3. The highest BCUT2D eigenvalue weighted by molar-refractivity contribution is 7.89. The summed E-state index contributed by atoms with van der Waals surface area (Å²) in [6.07, 6.45) is 0. The van der Waals surface area contributed by atoms with Gasteiger partial charge < -0.3 is 19.5 Å². The lowest BCUT2D eigenvalue weighted by Crippen LogP contribution is -2.33. The van der Waals surface area contributed by atoms with Gasteiger partial charge in [-0.1, -0.05) is 0 Å². The van der Waals surface area contributed by atoms with E-state index in [2.05, 4.69) is 10.0 Å². The second-order valence-corrected chi connectivity index (χ2v) is 7.11. The number of benzene rings is 2. The van der Waals surface area contributed by atoms with Crippen LogP contribution in [0, 0.1) is 0 Å². The Bertz CT molecular complexity index is 881. The molecule has 0 aliphatic rings. The van der Waals surface area contributed by atoms with Gasteiger partial charge in [0.2, 0.25) is 15.9 Å². The lowest BCUT2D eigenvalue weighted by Gasteiger charge is -2.12. The van der Waals surface area contributed by atoms with Crippen LogP contribution in [0.1, 0.15) is 6.92 Å². The molecule has 0 saturated carbocycles. The van der Waals surface area contributed by atoms with Crippen molar-refractivity contribution in [2.45, 2.75) is 11.8 Å². The summed E-state index contributed by atoms with van der Waals surface area (Å²) in [5.41, 5.74) is 0.377. The number of hydrogen-bond acceptors (Lipinski definition) is 6. The Morgan fingerprint density at radius 3 is 2.26 bits per heavy atom. The van der Waals surface area contributed by atoms with E-state index in [-0.39, 0.29) is 4.90 Å². The van der Waals surface area contributed by atoms with Crippen molar-refractivity contribution in [3.63, 3.8) is 0 Å². The van der Waals surface area contributed by atoms with Crippen molar-refractivity contribution < 1.29 is 27.4 Å². The molecule has 0 aliphatic carbocycles. The van der Waals surface area contributed by atoms with Gasteiger partial charge in [0.1, 0.15) is 17.2 Å². The van der Waals surface area contributed by atoms with E-state index in [0.29, 0.717) is 29.5 Å². The number of carbonyl (C=O) groups is 1. The first kappa shape index (κ1) is 20.5. The molecule has 27 heavy (non-hydrogen) atoms. The number of sulfonamides is 1. The Balaban J connectivity index is 2.02. The van der Waals surface area contributed by atoms with E-state index in [9.17, 15) is 13.2 Å². The van der Waals surface area contributed by atoms with Gasteiger partial charge in [-0.15, -0.1) is 0 Å². The van der Waals surface area contributed by atoms with Crippen molar-refractivity contribution in [2.24, 2.45) is 0 Å². The molecule has 0 unspecified atom stereocenters. The number of amides is 1. The third-order valence-electron chi connectivity index (χ3n) is 3.55. The minimum absolute atomic E-state index is 0.0395. The number of rotatable bonds is 9. The Morgan fingerprint density at radius 1 is 1.00 bits per heavy atom. The first-order chi connectivity index (χ1) is 12.9. The predicted molar refractivity (Wildman–Crippen MR) is 101 cm³/mol. The Labute approximate surface area is 158 Å². The normalized spacial score (nSPS) is 10.9. The number of carbonyl (C=O) groups excluding carboxylic acids is 1. The van der Waals surface area contributed by atoms with Gasteiger partial charge in [0, 0.05) is 6.07 Å². The fourth-order valence-corrected chi connectivity index (χ4v) is 3.21. The molecule has 2 aromatic carbocycles. The summed E-state index contributed by atoms with van der Waals surface area (Å²) in [6.45, 7) is 1.89. The zero-order valence-electron chi connectivity index (χ0n) is 15.3. The molecule has 1 amide bonds. The van der Waals surface area contributed by atoms with E-state index < -0.39 is 22.5 Å². The van der Waals surface area contributed by atoms with Crippen LogP contribution in [0.25, 0.3) is 0 Å². The van der Waals surface area contributed by atoms with Gasteiger partial charge in [-0.3, -0.25) is 4.79 Å². The first-order valence-electron chi connectivity index (χ1n) is 8.14. The van der Waals surface area contributed by atoms with Crippen molar-refractivity contribution in [1.29, 1.82) is 0 Å². The largest absolute Gasteiger partial charge is 0.497 e. The summed E-state index contributed by atoms with van der Waals surface area (Å²) in [4.78, 5) is 12.2. The van der Waals surface area contributed by atoms with Crippen molar-refractivity contribution in [3.8, 4) is 17.2 Å². The summed E-state index contributed by atoms with van der Waals surface area (Å²) >= 11 is 0. The maximum absolute atomic E-state index is 12.3. The number of hydrogen-bond donors (Lipinski definition) is 2. The van der Waals surface area contributed by atoms with Gasteiger partial charge in [-0.2, -0.15) is 0 Å². The van der Waals surface area contributed by atoms with Gasteiger partial charge in [0.05, 0.1) is 38.0 Å². The smallest absolute Gasteiger partial charge is 0.241 e. The summed E-state index contributed by atoms with van der Waals surface area (Å²) < 4.78 is 42.4. The van der Waals surface area contributed by atoms with Gasteiger partial charge in [0.25, 0.3) is 0 Å². The number of anilines is 1. The van der Waals surface area contributed by atoms with Crippen LogP contribution in [0.5, 0.6) is 17.2 Å². The first-order valence-corrected chi connectivity index (χ1v) is 9.62. The SMILES string of the molecule is CCOc1ccc(S(=O)(=O)NCC(=O)Nc2cc(OC)ccc2OC)cc1. The molecule has 146 valence electrons. The van der Waals surface area contributed by atoms with Crippen LogP contribution in [-0.2, 0) is 14.8 Å². The molecule has 8 nitrogen and oxygen atoms in total. The molecule has 0 bridgehead atoms. The summed E-state index contributed by atoms with van der Waals surface area (Å²) in [7, 11) is -0.867. The minimum Gasteiger partial charge on any atom is -0.497 e. The quantitative estimate of drug-likeness (QED) is 0.675. The van der Waals surface area contributed by atoms with E-state index in [1.807, 2.05) is 6.92 Å². The molecule has 2 rings (SSSR count). The molecular weight excluding hydrogens is 372 g/mol. The molecule has 2 aromatic rings. The molecular formula is C18H22N2O6S. The van der Waals surface area contributed by atoms with E-state index in [1.165, 1.54) is 26.4 Å². The van der Waals surface area contributed by atoms with Crippen LogP contribution < -0.4 is 24.2 Å². The topological polar surface area (TPSA) is 103 Å². The van der Waals surface area contributed by atoms with Gasteiger partial charge in [-0.05, 0) is 43.3 Å². The molecule has 2 N–H and O–H groups in total. The van der Waals surface area contributed by atoms with Gasteiger partial charge >= 0.3 is 0 Å². The van der Waals surface area contributed by atoms with E-state index in [1.54, 1.807) is 30.3 Å². The van der Waals surface area contributed by atoms with Crippen molar-refractivity contribution in [2.75, 3.05) is 32.7 Å². The van der Waals surface area contributed by atoms with Crippen molar-refractivity contribution in [1.82, 2.24) is 4.72 Å². The van der Waals surface area contributed by atoms with E-state index in [0.717, 1.165) is 0 Å². The van der Waals surface area contributed by atoms with Crippen LogP contribution in [0.4, 0.5) is 5.69 Å². The molecule has 0 radical (unpaired) electrons. The van der Waals surface area contributed by atoms with Crippen LogP contribution in [0.2, 0.25) is 0 Å². The second kappa shape index (κ2) is 9.24. The summed E-state index contributed by atoms with van der Waals surface area (Å²) in [5, 5.41) is 2.60. The molecule has 0 aromatic heterocycles. The van der Waals surface area contributed by atoms with Crippen molar-refractivity contribution >= 4 is 21.6 Å².